The SMILES string of the molecule is COc1cccc([C@H]2O[C@H](CC(=O)O)c3nnc(C(F)(F)F)n3-c3ccc(-c4ccccc4)cc32)c1OC. The summed E-state index contributed by atoms with van der Waals surface area (Å²) in [4.78, 5) is 11.8. The van der Waals surface area contributed by atoms with Gasteiger partial charge in [0, 0.05) is 11.1 Å². The van der Waals surface area contributed by atoms with Gasteiger partial charge in [-0.1, -0.05) is 48.5 Å². The number of aliphatic carboxylic acids is 1. The first-order valence-corrected chi connectivity index (χ1v) is 11.5. The fourth-order valence-electron chi connectivity index (χ4n) is 4.66. The molecule has 3 aromatic carbocycles. The quantitative estimate of drug-likeness (QED) is 0.350. The van der Waals surface area contributed by atoms with Gasteiger partial charge in [0.2, 0.25) is 5.82 Å². The average molecular weight is 525 g/mol. The molecule has 0 bridgehead atoms. The van der Waals surface area contributed by atoms with Crippen molar-refractivity contribution in [2.24, 2.45) is 0 Å². The number of benzene rings is 3. The van der Waals surface area contributed by atoms with Crippen molar-refractivity contribution in [3.05, 3.63) is 89.5 Å². The molecule has 0 saturated carbocycles. The highest BCUT2D eigenvalue weighted by Gasteiger charge is 2.44. The Labute approximate surface area is 215 Å². The Hall–Kier alpha value is -4.38. The Morgan fingerprint density at radius 3 is 2.39 bits per heavy atom. The third-order valence-corrected chi connectivity index (χ3v) is 6.26. The normalized spacial score (nSPS) is 16.8. The van der Waals surface area contributed by atoms with Crippen LogP contribution in [0, 0.1) is 0 Å². The van der Waals surface area contributed by atoms with E-state index in [2.05, 4.69) is 10.2 Å². The van der Waals surface area contributed by atoms with Crippen LogP contribution in [-0.4, -0.2) is 40.1 Å². The van der Waals surface area contributed by atoms with E-state index >= 15 is 0 Å². The van der Waals surface area contributed by atoms with Gasteiger partial charge in [0.25, 0.3) is 0 Å². The predicted octanol–water partition coefficient (Wildman–Crippen LogP) is 5.61. The van der Waals surface area contributed by atoms with E-state index in [1.54, 1.807) is 30.3 Å². The first-order chi connectivity index (χ1) is 18.2. The standard InChI is InChI=1S/C27H22F3N3O5/c1-36-20-10-6-9-17(24(20)37-2)23-18-13-16(15-7-4-3-5-8-15)11-12-19(18)33-25(21(38-23)14-22(34)35)31-32-26(33)27(28,29)30/h3-13,21,23H,14H2,1-2H3,(H,34,35)/t21-,23-/m1/s1. The van der Waals surface area contributed by atoms with Crippen LogP contribution in [0.2, 0.25) is 0 Å². The molecule has 1 aliphatic heterocycles. The monoisotopic (exact) mass is 525 g/mol. The number of aromatic nitrogens is 3. The largest absolute Gasteiger partial charge is 0.493 e. The average Bonchev–Trinajstić information content (AvgIpc) is 3.31. The van der Waals surface area contributed by atoms with Crippen LogP contribution in [0.25, 0.3) is 16.8 Å². The number of carbonyl (C=O) groups is 1. The number of carboxylic acids is 1. The Morgan fingerprint density at radius 2 is 1.74 bits per heavy atom. The molecular formula is C27H22F3N3O5. The van der Waals surface area contributed by atoms with Crippen LogP contribution in [0.1, 0.15) is 41.4 Å². The van der Waals surface area contributed by atoms with Gasteiger partial charge < -0.3 is 19.3 Å². The number of ether oxygens (including phenoxy) is 3. The molecule has 2 heterocycles. The minimum Gasteiger partial charge on any atom is -0.493 e. The molecule has 196 valence electrons. The summed E-state index contributed by atoms with van der Waals surface area (Å²) in [5.41, 5.74) is 2.45. The van der Waals surface area contributed by atoms with E-state index in [-0.39, 0.29) is 11.5 Å². The molecule has 2 atom stereocenters. The fourth-order valence-corrected chi connectivity index (χ4v) is 4.66. The highest BCUT2D eigenvalue weighted by Crippen LogP contribution is 2.47. The van der Waals surface area contributed by atoms with Crippen molar-refractivity contribution in [3.8, 4) is 28.3 Å². The van der Waals surface area contributed by atoms with Gasteiger partial charge >= 0.3 is 12.1 Å². The van der Waals surface area contributed by atoms with E-state index in [4.69, 9.17) is 14.2 Å². The molecule has 0 fully saturated rings. The van der Waals surface area contributed by atoms with Gasteiger partial charge in [0.1, 0.15) is 12.2 Å². The summed E-state index contributed by atoms with van der Waals surface area (Å²) in [5.74, 6) is -2.13. The number of para-hydroxylation sites is 1. The van der Waals surface area contributed by atoms with Crippen LogP contribution in [0.3, 0.4) is 0 Å². The van der Waals surface area contributed by atoms with E-state index in [9.17, 15) is 23.1 Å². The summed E-state index contributed by atoms with van der Waals surface area (Å²) >= 11 is 0. The second-order valence-corrected chi connectivity index (χ2v) is 8.54. The summed E-state index contributed by atoms with van der Waals surface area (Å²) in [6.07, 6.45) is -7.89. The molecule has 0 spiro atoms. The Kier molecular flexibility index (Phi) is 6.53. The maximum absolute atomic E-state index is 14.1. The van der Waals surface area contributed by atoms with Gasteiger partial charge in [-0.05, 0) is 29.3 Å². The number of hydrogen-bond donors (Lipinski definition) is 1. The Balaban J connectivity index is 1.83. The van der Waals surface area contributed by atoms with E-state index < -0.39 is 36.6 Å². The molecule has 1 aliphatic rings. The molecular weight excluding hydrogens is 503 g/mol. The molecule has 11 heteroatoms. The van der Waals surface area contributed by atoms with E-state index in [0.29, 0.717) is 22.6 Å². The third kappa shape index (κ3) is 4.45. The summed E-state index contributed by atoms with van der Waals surface area (Å²) in [5, 5.41) is 16.7. The van der Waals surface area contributed by atoms with Crippen LogP contribution in [-0.2, 0) is 15.7 Å². The zero-order chi connectivity index (χ0) is 27.0. The number of nitrogens with zero attached hydrogens (tertiary/aromatic N) is 3. The van der Waals surface area contributed by atoms with Gasteiger partial charge in [0.05, 0.1) is 26.3 Å². The lowest BCUT2D eigenvalue weighted by atomic mass is 9.94. The first kappa shape index (κ1) is 25.3. The van der Waals surface area contributed by atoms with Gasteiger partial charge in [0.15, 0.2) is 17.3 Å². The minimum atomic E-state index is -4.86. The number of halogens is 3. The van der Waals surface area contributed by atoms with Crippen LogP contribution < -0.4 is 9.47 Å². The summed E-state index contributed by atoms with van der Waals surface area (Å²) in [6, 6.07) is 19.3. The maximum atomic E-state index is 14.1. The molecule has 0 amide bonds. The van der Waals surface area contributed by atoms with Crippen molar-refractivity contribution in [2.75, 3.05) is 14.2 Å². The van der Waals surface area contributed by atoms with E-state index in [1.807, 2.05) is 30.3 Å². The van der Waals surface area contributed by atoms with Crippen molar-refractivity contribution < 1.29 is 37.3 Å². The van der Waals surface area contributed by atoms with Crippen LogP contribution in [0.5, 0.6) is 11.5 Å². The molecule has 0 radical (unpaired) electrons. The van der Waals surface area contributed by atoms with Crippen molar-refractivity contribution in [1.82, 2.24) is 14.8 Å². The lowest BCUT2D eigenvalue weighted by Gasteiger charge is -2.25. The van der Waals surface area contributed by atoms with Crippen molar-refractivity contribution in [2.45, 2.75) is 24.8 Å². The van der Waals surface area contributed by atoms with Crippen LogP contribution in [0.15, 0.2) is 66.7 Å². The highest BCUT2D eigenvalue weighted by molar-refractivity contribution is 5.69. The third-order valence-electron chi connectivity index (χ3n) is 6.26. The number of hydrogen-bond acceptors (Lipinski definition) is 6. The zero-order valence-corrected chi connectivity index (χ0v) is 20.3. The van der Waals surface area contributed by atoms with E-state index in [1.165, 1.54) is 20.3 Å². The summed E-state index contributed by atoms with van der Waals surface area (Å²) < 4.78 is 60.5. The van der Waals surface area contributed by atoms with Crippen LogP contribution in [0.4, 0.5) is 13.2 Å². The summed E-state index contributed by atoms with van der Waals surface area (Å²) in [6.45, 7) is 0. The molecule has 0 aliphatic carbocycles. The van der Waals surface area contributed by atoms with Gasteiger partial charge in [-0.15, -0.1) is 10.2 Å². The number of rotatable bonds is 6. The molecule has 8 nitrogen and oxygen atoms in total. The second-order valence-electron chi connectivity index (χ2n) is 8.54. The maximum Gasteiger partial charge on any atom is 0.452 e. The molecule has 4 aromatic rings. The lowest BCUT2D eigenvalue weighted by molar-refractivity contribution is -0.146. The second kappa shape index (κ2) is 9.82. The molecule has 0 unspecified atom stereocenters. The molecule has 1 N–H and O–H groups in total. The smallest absolute Gasteiger partial charge is 0.452 e. The Bertz CT molecular complexity index is 1490. The minimum absolute atomic E-state index is 0.111. The number of alkyl halides is 3. The first-order valence-electron chi connectivity index (χ1n) is 11.5. The lowest BCUT2D eigenvalue weighted by Crippen LogP contribution is -2.17. The number of methoxy groups -OCH3 is 2. The van der Waals surface area contributed by atoms with Crippen LogP contribution >= 0.6 is 0 Å². The van der Waals surface area contributed by atoms with Crippen molar-refractivity contribution in [3.63, 3.8) is 0 Å². The predicted molar refractivity (Wildman–Crippen MR) is 129 cm³/mol. The topological polar surface area (TPSA) is 95.7 Å². The molecule has 38 heavy (non-hydrogen) atoms. The van der Waals surface area contributed by atoms with Gasteiger partial charge in [-0.3, -0.25) is 9.36 Å². The highest BCUT2D eigenvalue weighted by atomic mass is 19.4. The van der Waals surface area contributed by atoms with Crippen molar-refractivity contribution >= 4 is 5.97 Å². The van der Waals surface area contributed by atoms with Crippen molar-refractivity contribution in [1.29, 1.82) is 0 Å². The Morgan fingerprint density at radius 1 is 0.974 bits per heavy atom. The zero-order valence-electron chi connectivity index (χ0n) is 20.3. The molecule has 1 aromatic heterocycles. The van der Waals surface area contributed by atoms with Gasteiger partial charge in [-0.2, -0.15) is 13.2 Å². The van der Waals surface area contributed by atoms with Gasteiger partial charge in [-0.25, -0.2) is 0 Å². The van der Waals surface area contributed by atoms with E-state index in [0.717, 1.165) is 15.7 Å². The number of fused-ring (bicyclic) bond motifs is 3. The number of carboxylic acid groups (broad SMARTS) is 1. The fraction of sp³-hybridized carbons (Fsp3) is 0.222. The summed E-state index contributed by atoms with van der Waals surface area (Å²) in [7, 11) is 2.89. The molecule has 5 rings (SSSR count). The molecule has 0 saturated heterocycles.